The molecular formula is C5H12O3PS3. The minimum atomic E-state index is -2.54. The molecular weight excluding hydrogens is 235 g/mol. The molecule has 0 aliphatic rings. The summed E-state index contributed by atoms with van der Waals surface area (Å²) in [5, 5.41) is 0. The highest BCUT2D eigenvalue weighted by molar-refractivity contribution is 9.13. The second-order valence-electron chi connectivity index (χ2n) is 1.54. The maximum absolute atomic E-state index is 11.7. The average molecular weight is 247 g/mol. The van der Waals surface area contributed by atoms with Crippen molar-refractivity contribution in [2.45, 2.75) is 13.8 Å². The first-order chi connectivity index (χ1) is 5.68. The van der Waals surface area contributed by atoms with E-state index in [9.17, 15) is 4.57 Å². The third-order valence-corrected chi connectivity index (χ3v) is 8.81. The molecule has 0 spiro atoms. The molecule has 0 aromatic heterocycles. The van der Waals surface area contributed by atoms with Gasteiger partial charge in [-0.25, -0.2) is 0 Å². The van der Waals surface area contributed by atoms with Crippen LogP contribution in [0.15, 0.2) is 0 Å². The molecule has 0 atom stereocenters. The maximum Gasteiger partial charge on any atom is 0.295 e. The van der Waals surface area contributed by atoms with E-state index in [1.165, 1.54) is 0 Å². The topological polar surface area (TPSA) is 35.5 Å². The Morgan fingerprint density at radius 1 is 1.25 bits per heavy atom. The molecule has 3 nitrogen and oxygen atoms in total. The fourth-order valence-corrected chi connectivity index (χ4v) is 5.16. The van der Waals surface area contributed by atoms with Gasteiger partial charge in [0.1, 0.15) is 0 Å². The molecule has 0 saturated heterocycles. The van der Waals surface area contributed by atoms with Crippen LogP contribution in [0.3, 0.4) is 0 Å². The van der Waals surface area contributed by atoms with Crippen molar-refractivity contribution >= 4 is 39.5 Å². The minimum Gasteiger partial charge on any atom is -0.307 e. The minimum absolute atomic E-state index is 0.530. The molecule has 0 rings (SSSR count). The summed E-state index contributed by atoms with van der Waals surface area (Å²) in [6.45, 7) is 4.75. The largest absolute Gasteiger partial charge is 0.307 e. The molecule has 0 N–H and O–H groups in total. The quantitative estimate of drug-likeness (QED) is 0.500. The molecule has 1 radical (unpaired) electrons. The van der Waals surface area contributed by atoms with Gasteiger partial charge in [-0.2, -0.15) is 0 Å². The summed E-state index contributed by atoms with van der Waals surface area (Å²) in [5.41, 5.74) is 0. The smallest absolute Gasteiger partial charge is 0.295 e. The SMILES string of the molecule is [CH2]SP(=O)(SOCC)SOCC. The van der Waals surface area contributed by atoms with Crippen molar-refractivity contribution in [1.82, 2.24) is 0 Å². The van der Waals surface area contributed by atoms with Gasteiger partial charge < -0.3 is 8.37 Å². The molecule has 73 valence electrons. The standard InChI is InChI=1S/C5H12O3PS3/c1-4-7-11-9(6,10-3)12-8-5-2/h3-5H2,1-2H3. The third kappa shape index (κ3) is 5.78. The molecule has 0 aliphatic carbocycles. The van der Waals surface area contributed by atoms with Crippen molar-refractivity contribution in [2.24, 2.45) is 0 Å². The van der Waals surface area contributed by atoms with Crippen LogP contribution >= 0.6 is 39.5 Å². The van der Waals surface area contributed by atoms with Gasteiger partial charge in [-0.1, -0.05) is 11.4 Å². The van der Waals surface area contributed by atoms with Gasteiger partial charge in [0.05, 0.1) is 36.5 Å². The van der Waals surface area contributed by atoms with Crippen molar-refractivity contribution in [2.75, 3.05) is 13.2 Å². The highest BCUT2D eigenvalue weighted by atomic mass is 33.4. The fourth-order valence-electron chi connectivity index (χ4n) is 0.290. The number of rotatable bonds is 7. The molecule has 12 heavy (non-hydrogen) atoms. The van der Waals surface area contributed by atoms with Crippen molar-refractivity contribution in [3.05, 3.63) is 6.26 Å². The van der Waals surface area contributed by atoms with E-state index in [-0.39, 0.29) is 0 Å². The van der Waals surface area contributed by atoms with E-state index >= 15 is 0 Å². The van der Waals surface area contributed by atoms with Crippen LogP contribution in [0.1, 0.15) is 13.8 Å². The second kappa shape index (κ2) is 7.59. The van der Waals surface area contributed by atoms with Crippen LogP contribution in [0.25, 0.3) is 0 Å². The van der Waals surface area contributed by atoms with E-state index in [1.54, 1.807) is 0 Å². The average Bonchev–Trinajstić information content (AvgIpc) is 2.11. The first-order valence-corrected chi connectivity index (χ1v) is 9.33. The Hall–Kier alpha value is 1.20. The summed E-state index contributed by atoms with van der Waals surface area (Å²) < 4.78 is 19.1. The Balaban J connectivity index is 3.79. The summed E-state index contributed by atoms with van der Waals surface area (Å²) in [7, 11) is 0. The van der Waals surface area contributed by atoms with E-state index in [4.69, 9.17) is 8.37 Å². The van der Waals surface area contributed by atoms with Gasteiger partial charge in [0.2, 0.25) is 0 Å². The Labute approximate surface area is 85.7 Å². The lowest BCUT2D eigenvalue weighted by Gasteiger charge is -2.10. The maximum atomic E-state index is 11.7. The predicted molar refractivity (Wildman–Crippen MR) is 59.0 cm³/mol. The highest BCUT2D eigenvalue weighted by Gasteiger charge is 2.25. The van der Waals surface area contributed by atoms with Crippen LogP contribution in [0, 0.1) is 6.26 Å². The molecule has 0 unspecified atom stereocenters. The van der Waals surface area contributed by atoms with E-state index in [1.807, 2.05) is 13.8 Å². The van der Waals surface area contributed by atoms with Crippen molar-refractivity contribution in [3.63, 3.8) is 0 Å². The summed E-state index contributed by atoms with van der Waals surface area (Å²) in [5.74, 6) is 0. The normalized spacial score (nSPS) is 11.9. The van der Waals surface area contributed by atoms with Crippen molar-refractivity contribution in [3.8, 4) is 0 Å². The summed E-state index contributed by atoms with van der Waals surface area (Å²) in [6, 6.07) is 0. The molecule has 0 aromatic carbocycles. The first kappa shape index (κ1) is 13.2. The van der Waals surface area contributed by atoms with Crippen molar-refractivity contribution in [1.29, 1.82) is 0 Å². The van der Waals surface area contributed by atoms with Crippen LogP contribution in [0.4, 0.5) is 0 Å². The molecule has 0 aliphatic heterocycles. The third-order valence-electron chi connectivity index (χ3n) is 0.682. The second-order valence-corrected chi connectivity index (χ2v) is 11.8. The monoisotopic (exact) mass is 247 g/mol. The lowest BCUT2D eigenvalue weighted by Crippen LogP contribution is -1.78. The Morgan fingerprint density at radius 2 is 1.67 bits per heavy atom. The summed E-state index contributed by atoms with van der Waals surface area (Å²) in [6.07, 6.45) is 3.52. The Kier molecular flexibility index (Phi) is 8.35. The molecule has 0 bridgehead atoms. The van der Waals surface area contributed by atoms with E-state index in [0.717, 1.165) is 34.7 Å². The summed E-state index contributed by atoms with van der Waals surface area (Å²) >= 11 is 2.95. The van der Waals surface area contributed by atoms with Gasteiger partial charge in [-0.3, -0.25) is 4.57 Å². The highest BCUT2D eigenvalue weighted by Crippen LogP contribution is 2.77. The van der Waals surface area contributed by atoms with Gasteiger partial charge in [0.25, 0.3) is 4.75 Å². The number of hydrogen-bond donors (Lipinski definition) is 0. The van der Waals surface area contributed by atoms with E-state index < -0.39 is 4.75 Å². The van der Waals surface area contributed by atoms with E-state index in [2.05, 4.69) is 6.26 Å². The van der Waals surface area contributed by atoms with Gasteiger partial charge in [-0.05, 0) is 13.8 Å². The molecule has 0 saturated carbocycles. The van der Waals surface area contributed by atoms with Gasteiger partial charge in [0, 0.05) is 6.26 Å². The van der Waals surface area contributed by atoms with Crippen LogP contribution in [0.2, 0.25) is 0 Å². The van der Waals surface area contributed by atoms with Gasteiger partial charge >= 0.3 is 0 Å². The Morgan fingerprint density at radius 3 is 1.92 bits per heavy atom. The molecule has 0 fully saturated rings. The van der Waals surface area contributed by atoms with Crippen LogP contribution < -0.4 is 0 Å². The zero-order valence-corrected chi connectivity index (χ0v) is 10.4. The van der Waals surface area contributed by atoms with Gasteiger partial charge in [0.15, 0.2) is 0 Å². The van der Waals surface area contributed by atoms with Crippen LogP contribution in [-0.4, -0.2) is 13.2 Å². The summed E-state index contributed by atoms with van der Waals surface area (Å²) in [4.78, 5) is 0. The first-order valence-electron chi connectivity index (χ1n) is 3.34. The number of hydrogen-bond acceptors (Lipinski definition) is 6. The lowest BCUT2D eigenvalue weighted by molar-refractivity contribution is 0.404. The molecule has 0 amide bonds. The van der Waals surface area contributed by atoms with E-state index in [0.29, 0.717) is 13.2 Å². The fraction of sp³-hybridized carbons (Fsp3) is 0.800. The van der Waals surface area contributed by atoms with Crippen molar-refractivity contribution < 1.29 is 12.9 Å². The Bertz CT molecular complexity index is 143. The molecule has 0 aromatic rings. The molecule has 0 heterocycles. The lowest BCUT2D eigenvalue weighted by atomic mass is 10.9. The zero-order valence-electron chi connectivity index (χ0n) is 7.02. The van der Waals surface area contributed by atoms with Crippen LogP contribution in [0.5, 0.6) is 0 Å². The molecule has 7 heteroatoms. The van der Waals surface area contributed by atoms with Gasteiger partial charge in [-0.15, -0.1) is 0 Å². The zero-order chi connectivity index (χ0) is 9.45. The predicted octanol–water partition coefficient (Wildman–Crippen LogP) is 3.99. The van der Waals surface area contributed by atoms with Crippen LogP contribution in [-0.2, 0) is 12.9 Å².